The Hall–Kier alpha value is -0.870. The van der Waals surface area contributed by atoms with Crippen LogP contribution in [0.2, 0.25) is 5.15 Å². The van der Waals surface area contributed by atoms with Crippen molar-refractivity contribution in [2.45, 2.75) is 46.5 Å². The molecule has 2 saturated carbocycles. The Balaban J connectivity index is 1.17. The van der Waals surface area contributed by atoms with Gasteiger partial charge in [0.25, 0.3) is 0 Å². The predicted octanol–water partition coefficient (Wildman–Crippen LogP) is 4.08. The lowest BCUT2D eigenvalue weighted by Gasteiger charge is -2.61. The summed E-state index contributed by atoms with van der Waals surface area (Å²) in [6.07, 6.45) is 5.60. The van der Waals surface area contributed by atoms with Gasteiger partial charge in [0.05, 0.1) is 0 Å². The zero-order valence-corrected chi connectivity index (χ0v) is 15.9. The van der Waals surface area contributed by atoms with Crippen molar-refractivity contribution in [3.63, 3.8) is 0 Å². The summed E-state index contributed by atoms with van der Waals surface area (Å²) < 4.78 is 0. The summed E-state index contributed by atoms with van der Waals surface area (Å²) in [4.78, 5) is 2.66. The molecule has 0 radical (unpaired) electrons. The van der Waals surface area contributed by atoms with Crippen molar-refractivity contribution in [3.8, 4) is 0 Å². The summed E-state index contributed by atoms with van der Waals surface area (Å²) in [6.45, 7) is 12.0. The number of halogens is 1. The second kappa shape index (κ2) is 5.57. The van der Waals surface area contributed by atoms with Crippen molar-refractivity contribution in [1.29, 1.82) is 0 Å². The smallest absolute Gasteiger partial charge is 0.151 e. The zero-order valence-electron chi connectivity index (χ0n) is 15.1. The number of rotatable bonds is 5. The Morgan fingerprint density at radius 1 is 1.25 bits per heavy atom. The Morgan fingerprint density at radius 2 is 2.00 bits per heavy atom. The first-order valence-corrected chi connectivity index (χ1v) is 9.61. The molecule has 2 spiro atoms. The molecule has 132 valence electrons. The quantitative estimate of drug-likeness (QED) is 0.870. The van der Waals surface area contributed by atoms with E-state index in [0.717, 1.165) is 18.3 Å². The maximum Gasteiger partial charge on any atom is 0.151 e. The Bertz CT molecular complexity index is 593. The van der Waals surface area contributed by atoms with Crippen molar-refractivity contribution in [2.75, 3.05) is 31.5 Å². The number of hydrogen-bond acceptors (Lipinski definition) is 4. The van der Waals surface area contributed by atoms with Gasteiger partial charge in [0.2, 0.25) is 0 Å². The number of nitrogens with one attached hydrogen (secondary N) is 1. The van der Waals surface area contributed by atoms with Gasteiger partial charge in [-0.1, -0.05) is 32.4 Å². The molecule has 0 aromatic carbocycles. The van der Waals surface area contributed by atoms with Gasteiger partial charge < -0.3 is 10.2 Å². The molecule has 2 aliphatic carbocycles. The van der Waals surface area contributed by atoms with E-state index in [1.54, 1.807) is 6.07 Å². The molecule has 1 atom stereocenters. The summed E-state index contributed by atoms with van der Waals surface area (Å²) in [5.74, 6) is 1.66. The highest BCUT2D eigenvalue weighted by Crippen LogP contribution is 2.73. The number of nitrogens with zero attached hydrogens (tertiary/aromatic N) is 3. The van der Waals surface area contributed by atoms with E-state index in [1.807, 2.05) is 6.07 Å². The molecule has 1 saturated heterocycles. The van der Waals surface area contributed by atoms with E-state index in [-0.39, 0.29) is 0 Å². The van der Waals surface area contributed by atoms with Crippen LogP contribution in [0.1, 0.15) is 46.5 Å². The van der Waals surface area contributed by atoms with Crippen LogP contribution in [0, 0.1) is 22.2 Å². The van der Waals surface area contributed by atoms with E-state index in [2.05, 4.69) is 41.2 Å². The fraction of sp³-hybridized carbons (Fsp3) is 0.789. The summed E-state index contributed by atoms with van der Waals surface area (Å²) in [5, 5.41) is 11.8. The predicted molar refractivity (Wildman–Crippen MR) is 98.3 cm³/mol. The van der Waals surface area contributed by atoms with E-state index in [0.29, 0.717) is 21.4 Å². The first-order chi connectivity index (χ1) is 11.3. The maximum atomic E-state index is 5.77. The molecule has 0 amide bonds. The molecule has 3 fully saturated rings. The molecule has 4 nitrogen and oxygen atoms in total. The molecule has 1 aliphatic heterocycles. The van der Waals surface area contributed by atoms with Gasteiger partial charge >= 0.3 is 0 Å². The van der Waals surface area contributed by atoms with Gasteiger partial charge in [-0.15, -0.1) is 10.2 Å². The van der Waals surface area contributed by atoms with Crippen molar-refractivity contribution in [3.05, 3.63) is 17.3 Å². The minimum absolute atomic E-state index is 0.449. The molecule has 1 N–H and O–H groups in total. The summed E-state index contributed by atoms with van der Waals surface area (Å²) in [6, 6.07) is 3.70. The zero-order chi connectivity index (χ0) is 17.0. The molecule has 4 rings (SSSR count). The van der Waals surface area contributed by atoms with Gasteiger partial charge in [-0.2, -0.15) is 0 Å². The van der Waals surface area contributed by atoms with Gasteiger partial charge in [0.15, 0.2) is 5.15 Å². The van der Waals surface area contributed by atoms with Gasteiger partial charge in [0.1, 0.15) is 5.82 Å². The first kappa shape index (κ1) is 16.6. The van der Waals surface area contributed by atoms with E-state index in [9.17, 15) is 0 Å². The van der Waals surface area contributed by atoms with Crippen LogP contribution < -0.4 is 5.32 Å². The van der Waals surface area contributed by atoms with Gasteiger partial charge in [-0.05, 0) is 66.5 Å². The molecule has 1 aromatic heterocycles. The lowest BCUT2D eigenvalue weighted by molar-refractivity contribution is -0.111. The Morgan fingerprint density at radius 3 is 2.62 bits per heavy atom. The fourth-order valence-corrected chi connectivity index (χ4v) is 5.11. The van der Waals surface area contributed by atoms with E-state index < -0.39 is 0 Å². The van der Waals surface area contributed by atoms with Crippen molar-refractivity contribution >= 4 is 17.4 Å². The minimum Gasteiger partial charge on any atom is -0.368 e. The molecule has 24 heavy (non-hydrogen) atoms. The van der Waals surface area contributed by atoms with Crippen LogP contribution in [-0.4, -0.2) is 41.3 Å². The van der Waals surface area contributed by atoms with Gasteiger partial charge in [-0.25, -0.2) is 0 Å². The lowest BCUT2D eigenvalue weighted by atomic mass is 9.54. The van der Waals surface area contributed by atoms with Crippen LogP contribution in [0.3, 0.4) is 0 Å². The van der Waals surface area contributed by atoms with Crippen molar-refractivity contribution < 1.29 is 0 Å². The normalized spacial score (nSPS) is 26.9. The van der Waals surface area contributed by atoms with E-state index in [1.165, 1.54) is 45.3 Å². The van der Waals surface area contributed by atoms with Crippen LogP contribution in [0.15, 0.2) is 12.1 Å². The summed E-state index contributed by atoms with van der Waals surface area (Å²) in [5.41, 5.74) is 1.79. The highest BCUT2D eigenvalue weighted by Gasteiger charge is 2.69. The van der Waals surface area contributed by atoms with Crippen LogP contribution in [0.4, 0.5) is 5.82 Å². The third-order valence-electron chi connectivity index (χ3n) is 6.27. The number of hydrogen-bond donors (Lipinski definition) is 1. The van der Waals surface area contributed by atoms with E-state index in [4.69, 9.17) is 11.6 Å². The van der Waals surface area contributed by atoms with Crippen molar-refractivity contribution in [1.82, 2.24) is 15.1 Å². The second-order valence-electron chi connectivity index (χ2n) is 9.76. The summed E-state index contributed by atoms with van der Waals surface area (Å²) in [7, 11) is 0. The van der Waals surface area contributed by atoms with Crippen LogP contribution in [0.25, 0.3) is 0 Å². The maximum absolute atomic E-state index is 5.77. The summed E-state index contributed by atoms with van der Waals surface area (Å²) >= 11 is 5.77. The Labute approximate surface area is 150 Å². The van der Waals surface area contributed by atoms with E-state index >= 15 is 0 Å². The third kappa shape index (κ3) is 3.28. The first-order valence-electron chi connectivity index (χ1n) is 9.23. The highest BCUT2D eigenvalue weighted by molar-refractivity contribution is 6.29. The molecule has 5 heteroatoms. The lowest BCUT2D eigenvalue weighted by Crippen LogP contribution is -2.63. The molecule has 1 unspecified atom stereocenters. The van der Waals surface area contributed by atoms with Crippen LogP contribution in [-0.2, 0) is 0 Å². The SMILES string of the molecule is CC(C)(C)CCN1CC2(C1)CC1(CC1CNc1ccc(Cl)nn1)C2. The number of anilines is 1. The fourth-order valence-electron chi connectivity index (χ4n) is 5.01. The van der Waals surface area contributed by atoms with Gasteiger partial charge in [0, 0.05) is 19.6 Å². The monoisotopic (exact) mass is 348 g/mol. The Kier molecular flexibility index (Phi) is 3.85. The number of likely N-dealkylation sites (tertiary alicyclic amines) is 1. The van der Waals surface area contributed by atoms with Crippen LogP contribution in [0.5, 0.6) is 0 Å². The molecule has 3 aliphatic rings. The third-order valence-corrected chi connectivity index (χ3v) is 6.47. The molecular weight excluding hydrogens is 320 g/mol. The molecule has 0 bridgehead atoms. The minimum atomic E-state index is 0.449. The number of aromatic nitrogens is 2. The highest BCUT2D eigenvalue weighted by atomic mass is 35.5. The molecule has 1 aromatic rings. The topological polar surface area (TPSA) is 41.0 Å². The van der Waals surface area contributed by atoms with Crippen molar-refractivity contribution in [2.24, 2.45) is 22.2 Å². The standard InChI is InChI=1S/C19H29ClN4/c1-17(2,3)6-7-24-12-18(13-24)10-19(11-18)8-14(19)9-21-16-5-4-15(20)22-23-16/h4-5,14H,6-13H2,1-3H3,(H,21,23). The largest absolute Gasteiger partial charge is 0.368 e. The average Bonchev–Trinajstić information content (AvgIpc) is 3.14. The van der Waals surface area contributed by atoms with Gasteiger partial charge in [-0.3, -0.25) is 0 Å². The van der Waals surface area contributed by atoms with Crippen LogP contribution >= 0.6 is 11.6 Å². The molecular formula is C19H29ClN4. The average molecular weight is 349 g/mol. The second-order valence-corrected chi connectivity index (χ2v) is 10.1. The molecule has 2 heterocycles.